The Morgan fingerprint density at radius 3 is 2.71 bits per heavy atom. The third-order valence-corrected chi connectivity index (χ3v) is 2.06. The van der Waals surface area contributed by atoms with Gasteiger partial charge in [0.25, 0.3) is 0 Å². The van der Waals surface area contributed by atoms with Crippen LogP contribution < -0.4 is 5.32 Å². The zero-order valence-corrected chi connectivity index (χ0v) is 10.2. The number of aromatic nitrogens is 2. The summed E-state index contributed by atoms with van der Waals surface area (Å²) in [6, 6.07) is 1.42. The Morgan fingerprint density at radius 2 is 2.21 bits per heavy atom. The summed E-state index contributed by atoms with van der Waals surface area (Å²) in [4.78, 5) is 18.3. The number of nitrogens with zero attached hydrogens (tertiary/aromatic N) is 2. The third kappa shape index (κ3) is 3.40. The van der Waals surface area contributed by atoms with Crippen LogP contribution in [0, 0.1) is 0 Å². The van der Waals surface area contributed by atoms with Gasteiger partial charge in [-0.25, -0.2) is 9.97 Å². The molecule has 0 spiro atoms. The first kappa shape index (κ1) is 11.7. The summed E-state index contributed by atoms with van der Waals surface area (Å²) in [5.74, 6) is 0.0575. The second-order valence-corrected chi connectivity index (χ2v) is 4.55. The largest absolute Gasteiger partial charge is 0.310 e. The zero-order chi connectivity index (χ0) is 10.7. The molecule has 0 aliphatic rings. The van der Waals surface area contributed by atoms with E-state index in [1.165, 1.54) is 6.07 Å². The van der Waals surface area contributed by atoms with Crippen LogP contribution in [0.25, 0.3) is 0 Å². The molecule has 1 heterocycles. The van der Waals surface area contributed by atoms with Crippen LogP contribution >= 0.6 is 39.1 Å². The van der Waals surface area contributed by atoms with Crippen LogP contribution in [0.5, 0.6) is 0 Å². The number of halogens is 3. The lowest BCUT2D eigenvalue weighted by Crippen LogP contribution is -2.20. The van der Waals surface area contributed by atoms with Crippen LogP contribution in [0.1, 0.15) is 6.92 Å². The summed E-state index contributed by atoms with van der Waals surface area (Å²) in [5, 5.41) is 2.70. The summed E-state index contributed by atoms with van der Waals surface area (Å²) >= 11 is 14.3. The highest BCUT2D eigenvalue weighted by atomic mass is 79.9. The van der Waals surface area contributed by atoms with Gasteiger partial charge in [0.2, 0.25) is 11.2 Å². The van der Waals surface area contributed by atoms with E-state index in [9.17, 15) is 4.79 Å². The highest BCUT2D eigenvalue weighted by molar-refractivity contribution is 9.10. The number of hydrogen-bond donors (Lipinski definition) is 1. The number of nitrogens with one attached hydrogen (secondary N) is 1. The fraction of sp³-hybridized carbons (Fsp3) is 0.286. The van der Waals surface area contributed by atoms with Crippen LogP contribution in [0.15, 0.2) is 6.07 Å². The average molecular weight is 299 g/mol. The van der Waals surface area contributed by atoms with Gasteiger partial charge in [-0.3, -0.25) is 4.79 Å². The van der Waals surface area contributed by atoms with E-state index < -0.39 is 0 Å². The van der Waals surface area contributed by atoms with Crippen molar-refractivity contribution in [3.8, 4) is 0 Å². The van der Waals surface area contributed by atoms with Gasteiger partial charge in [-0.15, -0.1) is 0 Å². The Labute approximate surface area is 99.2 Å². The molecule has 1 rings (SSSR count). The van der Waals surface area contributed by atoms with Crippen molar-refractivity contribution >= 4 is 50.9 Å². The molecule has 4 nitrogen and oxygen atoms in total. The van der Waals surface area contributed by atoms with E-state index >= 15 is 0 Å². The lowest BCUT2D eigenvalue weighted by molar-refractivity contribution is -0.115. The molecule has 0 radical (unpaired) electrons. The van der Waals surface area contributed by atoms with Crippen molar-refractivity contribution in [2.75, 3.05) is 5.32 Å². The molecule has 1 aromatic heterocycles. The van der Waals surface area contributed by atoms with E-state index in [2.05, 4.69) is 31.2 Å². The maximum atomic E-state index is 11.2. The summed E-state index contributed by atoms with van der Waals surface area (Å²) in [7, 11) is 0. The fourth-order valence-corrected chi connectivity index (χ4v) is 1.20. The van der Waals surface area contributed by atoms with Crippen LogP contribution in [-0.2, 0) is 4.79 Å². The van der Waals surface area contributed by atoms with Gasteiger partial charge in [-0.05, 0) is 18.5 Å². The minimum atomic E-state index is -0.310. The molecule has 1 atom stereocenters. The topological polar surface area (TPSA) is 54.9 Å². The molecule has 1 amide bonds. The van der Waals surface area contributed by atoms with Gasteiger partial charge >= 0.3 is 0 Å². The predicted molar refractivity (Wildman–Crippen MR) is 59.1 cm³/mol. The fourth-order valence-electron chi connectivity index (χ4n) is 0.680. The van der Waals surface area contributed by atoms with Crippen LogP contribution in [-0.4, -0.2) is 20.7 Å². The molecule has 0 fully saturated rings. The van der Waals surface area contributed by atoms with Gasteiger partial charge in [0.1, 0.15) is 11.0 Å². The Kier molecular flexibility index (Phi) is 4.10. The second-order valence-electron chi connectivity index (χ2n) is 2.45. The SMILES string of the molecule is CC(Br)C(=O)Nc1cc(Cl)nc(Cl)n1. The lowest BCUT2D eigenvalue weighted by atomic mass is 10.4. The van der Waals surface area contributed by atoms with E-state index in [1.807, 2.05) is 0 Å². The van der Waals surface area contributed by atoms with Gasteiger partial charge in [0, 0.05) is 6.07 Å². The zero-order valence-electron chi connectivity index (χ0n) is 7.09. The average Bonchev–Trinajstić information content (AvgIpc) is 2.01. The molecule has 0 bridgehead atoms. The first-order valence-electron chi connectivity index (χ1n) is 3.64. The Morgan fingerprint density at radius 1 is 1.57 bits per heavy atom. The highest BCUT2D eigenvalue weighted by Crippen LogP contribution is 2.15. The molecule has 76 valence electrons. The van der Waals surface area contributed by atoms with E-state index in [4.69, 9.17) is 23.2 Å². The molecular weight excluding hydrogens is 293 g/mol. The molecule has 14 heavy (non-hydrogen) atoms. The maximum Gasteiger partial charge on any atom is 0.239 e. The second kappa shape index (κ2) is 4.91. The van der Waals surface area contributed by atoms with Crippen molar-refractivity contribution in [2.24, 2.45) is 0 Å². The molecule has 0 aliphatic heterocycles. The molecule has 0 saturated heterocycles. The molecule has 1 aromatic rings. The molecular formula is C7H6BrCl2N3O. The van der Waals surface area contributed by atoms with Crippen molar-refractivity contribution in [1.82, 2.24) is 9.97 Å². The Bertz CT molecular complexity index is 339. The molecule has 7 heteroatoms. The molecule has 1 N–H and O–H groups in total. The van der Waals surface area contributed by atoms with Gasteiger partial charge in [0.05, 0.1) is 4.83 Å². The third-order valence-electron chi connectivity index (χ3n) is 1.28. The highest BCUT2D eigenvalue weighted by Gasteiger charge is 2.10. The lowest BCUT2D eigenvalue weighted by Gasteiger charge is -2.05. The standard InChI is InChI=1S/C7H6BrCl2N3O/c1-3(8)6(14)12-5-2-4(9)11-7(10)13-5/h2-3H,1H3,(H,11,12,13,14). The van der Waals surface area contributed by atoms with Crippen molar-refractivity contribution in [3.63, 3.8) is 0 Å². The van der Waals surface area contributed by atoms with Gasteiger partial charge in [-0.1, -0.05) is 27.5 Å². The number of rotatable bonds is 2. The smallest absolute Gasteiger partial charge is 0.239 e. The normalized spacial score (nSPS) is 12.3. The molecule has 0 saturated carbocycles. The number of anilines is 1. The summed E-state index contributed by atoms with van der Waals surface area (Å²) in [6.45, 7) is 1.69. The van der Waals surface area contributed by atoms with E-state index in [0.717, 1.165) is 0 Å². The van der Waals surface area contributed by atoms with Crippen molar-refractivity contribution in [1.29, 1.82) is 0 Å². The summed E-state index contributed by atoms with van der Waals surface area (Å²) in [6.07, 6.45) is 0. The first-order chi connectivity index (χ1) is 6.49. The predicted octanol–water partition coefficient (Wildman–Crippen LogP) is 2.51. The Hall–Kier alpha value is -0.390. The number of carbonyl (C=O) groups is 1. The molecule has 0 aromatic carbocycles. The number of amides is 1. The van der Waals surface area contributed by atoms with Crippen molar-refractivity contribution < 1.29 is 4.79 Å². The van der Waals surface area contributed by atoms with E-state index in [1.54, 1.807) is 6.92 Å². The summed E-state index contributed by atoms with van der Waals surface area (Å²) in [5.41, 5.74) is 0. The quantitative estimate of drug-likeness (QED) is 0.518. The number of carbonyl (C=O) groups excluding carboxylic acids is 1. The van der Waals surface area contributed by atoms with Crippen LogP contribution in [0.2, 0.25) is 10.4 Å². The van der Waals surface area contributed by atoms with E-state index in [-0.39, 0.29) is 27.0 Å². The minimum absolute atomic E-state index is 0.00461. The summed E-state index contributed by atoms with van der Waals surface area (Å²) < 4.78 is 0. The molecule has 1 unspecified atom stereocenters. The minimum Gasteiger partial charge on any atom is -0.310 e. The van der Waals surface area contributed by atoms with E-state index in [0.29, 0.717) is 0 Å². The number of hydrogen-bond acceptors (Lipinski definition) is 3. The van der Waals surface area contributed by atoms with Crippen molar-refractivity contribution in [2.45, 2.75) is 11.8 Å². The van der Waals surface area contributed by atoms with Crippen LogP contribution in [0.4, 0.5) is 5.82 Å². The Balaban J connectivity index is 2.82. The number of alkyl halides is 1. The van der Waals surface area contributed by atoms with Crippen molar-refractivity contribution in [3.05, 3.63) is 16.5 Å². The maximum absolute atomic E-state index is 11.2. The first-order valence-corrected chi connectivity index (χ1v) is 5.31. The monoisotopic (exact) mass is 297 g/mol. The van der Waals surface area contributed by atoms with Crippen LogP contribution in [0.3, 0.4) is 0 Å². The van der Waals surface area contributed by atoms with Gasteiger partial charge < -0.3 is 5.32 Å². The molecule has 0 aliphatic carbocycles. The van der Waals surface area contributed by atoms with Gasteiger partial charge in [0.15, 0.2) is 0 Å². The van der Waals surface area contributed by atoms with Gasteiger partial charge in [-0.2, -0.15) is 0 Å².